The Labute approximate surface area is 235 Å². The third-order valence-electron chi connectivity index (χ3n) is 6.95. The largest absolute Gasteiger partial charge is 0.120 e. The van der Waals surface area contributed by atoms with E-state index in [1.165, 1.54) is 131 Å². The monoisotopic (exact) mass is 616 g/mol. The van der Waals surface area contributed by atoms with Crippen molar-refractivity contribution in [3.63, 3.8) is 0 Å². The standard InChI is InChI=1S/C32H42Br2S/c1-3-5-7-9-11-13-15-25-17-21-27(22-18-25)29-30(32(34)35-31(29)33)28-23-19-26(20-24-28)16-14-12-10-8-6-4-2/h17-24H,3-16H2,1-2H3. The first kappa shape index (κ1) is 28.7. The van der Waals surface area contributed by atoms with Gasteiger partial charge in [0.25, 0.3) is 0 Å². The minimum Gasteiger partial charge on any atom is -0.120 e. The molecule has 0 bridgehead atoms. The van der Waals surface area contributed by atoms with Crippen molar-refractivity contribution in [3.05, 3.63) is 67.2 Å². The van der Waals surface area contributed by atoms with E-state index in [9.17, 15) is 0 Å². The lowest BCUT2D eigenvalue weighted by atomic mass is 9.96. The van der Waals surface area contributed by atoms with Crippen molar-refractivity contribution in [2.75, 3.05) is 0 Å². The van der Waals surface area contributed by atoms with Gasteiger partial charge in [0, 0.05) is 11.1 Å². The van der Waals surface area contributed by atoms with Gasteiger partial charge in [-0.3, -0.25) is 0 Å². The van der Waals surface area contributed by atoms with Gasteiger partial charge in [-0.05, 0) is 79.8 Å². The zero-order chi connectivity index (χ0) is 24.9. The van der Waals surface area contributed by atoms with E-state index in [1.54, 1.807) is 11.3 Å². The Hall–Kier alpha value is -0.900. The fourth-order valence-corrected chi connectivity index (χ4v) is 8.07. The molecule has 0 spiro atoms. The molecule has 0 aliphatic rings. The summed E-state index contributed by atoms with van der Waals surface area (Å²) < 4.78 is 2.39. The topological polar surface area (TPSA) is 0 Å². The van der Waals surface area contributed by atoms with Gasteiger partial charge in [-0.25, -0.2) is 0 Å². The number of thiophene rings is 1. The number of hydrogen-bond donors (Lipinski definition) is 0. The van der Waals surface area contributed by atoms with E-state index in [0.29, 0.717) is 0 Å². The number of hydrogen-bond acceptors (Lipinski definition) is 1. The zero-order valence-corrected chi connectivity index (χ0v) is 25.7. The number of halogens is 2. The van der Waals surface area contributed by atoms with Crippen LogP contribution in [0.4, 0.5) is 0 Å². The second-order valence-electron chi connectivity index (χ2n) is 9.83. The van der Waals surface area contributed by atoms with Crippen molar-refractivity contribution in [1.29, 1.82) is 0 Å². The molecule has 3 aromatic rings. The highest BCUT2D eigenvalue weighted by Gasteiger charge is 2.18. The molecule has 0 nitrogen and oxygen atoms in total. The molecule has 1 heterocycles. The highest BCUT2D eigenvalue weighted by atomic mass is 79.9. The minimum absolute atomic E-state index is 1.19. The molecular formula is C32H42Br2S. The average Bonchev–Trinajstić information content (AvgIpc) is 3.17. The molecule has 1 aromatic heterocycles. The normalized spacial score (nSPS) is 11.3. The molecule has 0 amide bonds. The molecule has 0 unspecified atom stereocenters. The molecule has 0 saturated heterocycles. The first-order valence-corrected chi connectivity index (χ1v) is 16.2. The second-order valence-corrected chi connectivity index (χ2v) is 13.5. The minimum atomic E-state index is 1.19. The molecule has 3 heteroatoms. The Balaban J connectivity index is 1.62. The molecule has 0 radical (unpaired) electrons. The van der Waals surface area contributed by atoms with Crippen LogP contribution in [0, 0.1) is 0 Å². The van der Waals surface area contributed by atoms with Gasteiger partial charge in [-0.1, -0.05) is 127 Å². The predicted octanol–water partition coefficient (Wildman–Crippen LogP) is 12.4. The Morgan fingerprint density at radius 3 is 1.20 bits per heavy atom. The summed E-state index contributed by atoms with van der Waals surface area (Å²) in [6.45, 7) is 4.56. The quantitative estimate of drug-likeness (QED) is 0.140. The summed E-state index contributed by atoms with van der Waals surface area (Å²) in [5.74, 6) is 0. The van der Waals surface area contributed by atoms with Gasteiger partial charge in [-0.2, -0.15) is 0 Å². The van der Waals surface area contributed by atoms with Gasteiger partial charge in [0.15, 0.2) is 0 Å². The summed E-state index contributed by atoms with van der Waals surface area (Å²) >= 11 is 9.48. The molecule has 0 aliphatic carbocycles. The molecule has 0 saturated carbocycles. The molecule has 0 aliphatic heterocycles. The molecule has 190 valence electrons. The van der Waals surface area contributed by atoms with E-state index in [2.05, 4.69) is 94.2 Å². The fraction of sp³-hybridized carbons (Fsp3) is 0.500. The highest BCUT2D eigenvalue weighted by molar-refractivity contribution is 9.12. The van der Waals surface area contributed by atoms with E-state index in [0.717, 1.165) is 0 Å². The maximum absolute atomic E-state index is 3.86. The smallest absolute Gasteiger partial charge is 0.0795 e. The summed E-state index contributed by atoms with van der Waals surface area (Å²) in [5.41, 5.74) is 8.09. The van der Waals surface area contributed by atoms with E-state index in [-0.39, 0.29) is 0 Å². The van der Waals surface area contributed by atoms with Crippen LogP contribution in [0.25, 0.3) is 22.3 Å². The van der Waals surface area contributed by atoms with Crippen LogP contribution in [0.15, 0.2) is 56.1 Å². The van der Waals surface area contributed by atoms with E-state index >= 15 is 0 Å². The third kappa shape index (κ3) is 9.17. The molecule has 2 aromatic carbocycles. The summed E-state index contributed by atoms with van der Waals surface area (Å²) in [6.07, 6.45) is 18.6. The van der Waals surface area contributed by atoms with Gasteiger partial charge in [-0.15, -0.1) is 11.3 Å². The van der Waals surface area contributed by atoms with Crippen LogP contribution in [-0.2, 0) is 12.8 Å². The van der Waals surface area contributed by atoms with Crippen molar-refractivity contribution < 1.29 is 0 Å². The lowest BCUT2D eigenvalue weighted by molar-refractivity contribution is 0.607. The molecule has 0 fully saturated rings. The van der Waals surface area contributed by atoms with Crippen molar-refractivity contribution in [1.82, 2.24) is 0 Å². The van der Waals surface area contributed by atoms with Gasteiger partial charge in [0.1, 0.15) is 0 Å². The van der Waals surface area contributed by atoms with E-state index in [4.69, 9.17) is 0 Å². The average molecular weight is 619 g/mol. The Kier molecular flexibility index (Phi) is 13.1. The first-order valence-electron chi connectivity index (χ1n) is 13.8. The Morgan fingerprint density at radius 2 is 0.829 bits per heavy atom. The lowest BCUT2D eigenvalue weighted by Crippen LogP contribution is -1.89. The highest BCUT2D eigenvalue weighted by Crippen LogP contribution is 2.48. The molecule has 0 N–H and O–H groups in total. The molecule has 0 atom stereocenters. The fourth-order valence-electron chi connectivity index (χ4n) is 4.79. The maximum atomic E-state index is 3.86. The van der Waals surface area contributed by atoms with Crippen LogP contribution < -0.4 is 0 Å². The van der Waals surface area contributed by atoms with Crippen molar-refractivity contribution >= 4 is 43.2 Å². The van der Waals surface area contributed by atoms with Crippen molar-refractivity contribution in [2.45, 2.75) is 104 Å². The van der Waals surface area contributed by atoms with Crippen molar-refractivity contribution in [2.24, 2.45) is 0 Å². The van der Waals surface area contributed by atoms with Crippen LogP contribution in [0.3, 0.4) is 0 Å². The van der Waals surface area contributed by atoms with Crippen LogP contribution in [-0.4, -0.2) is 0 Å². The van der Waals surface area contributed by atoms with Gasteiger partial charge in [0.2, 0.25) is 0 Å². The van der Waals surface area contributed by atoms with Gasteiger partial charge < -0.3 is 0 Å². The lowest BCUT2D eigenvalue weighted by Gasteiger charge is -2.10. The van der Waals surface area contributed by atoms with Crippen molar-refractivity contribution in [3.8, 4) is 22.3 Å². The summed E-state index contributed by atoms with van der Waals surface area (Å²) in [7, 11) is 0. The Morgan fingerprint density at radius 1 is 0.486 bits per heavy atom. The predicted molar refractivity (Wildman–Crippen MR) is 165 cm³/mol. The van der Waals surface area contributed by atoms with Gasteiger partial charge >= 0.3 is 0 Å². The SMILES string of the molecule is CCCCCCCCc1ccc(-c2c(Br)sc(Br)c2-c2ccc(CCCCCCCC)cc2)cc1. The Bertz CT molecular complexity index is 906. The molecular weight excluding hydrogens is 576 g/mol. The third-order valence-corrected chi connectivity index (χ3v) is 9.48. The summed E-state index contributed by atoms with van der Waals surface area (Å²) in [6, 6.07) is 18.5. The maximum Gasteiger partial charge on any atom is 0.0795 e. The van der Waals surface area contributed by atoms with E-state index < -0.39 is 0 Å². The summed E-state index contributed by atoms with van der Waals surface area (Å²) in [4.78, 5) is 0. The second kappa shape index (κ2) is 16.0. The van der Waals surface area contributed by atoms with Crippen LogP contribution in [0.2, 0.25) is 0 Å². The number of benzene rings is 2. The number of rotatable bonds is 16. The van der Waals surface area contributed by atoms with E-state index in [1.807, 2.05) is 0 Å². The van der Waals surface area contributed by atoms with Crippen LogP contribution in [0.5, 0.6) is 0 Å². The van der Waals surface area contributed by atoms with Crippen LogP contribution >= 0.6 is 43.2 Å². The molecule has 35 heavy (non-hydrogen) atoms. The summed E-state index contributed by atoms with van der Waals surface area (Å²) in [5, 5.41) is 0. The first-order chi connectivity index (χ1) is 17.1. The number of aryl methyl sites for hydroxylation is 2. The zero-order valence-electron chi connectivity index (χ0n) is 21.7. The van der Waals surface area contributed by atoms with Gasteiger partial charge in [0.05, 0.1) is 7.57 Å². The molecule has 3 rings (SSSR count). The number of unbranched alkanes of at least 4 members (excludes halogenated alkanes) is 10. The van der Waals surface area contributed by atoms with Crippen LogP contribution in [0.1, 0.15) is 102 Å².